The average molecular weight is 355 g/mol. The predicted octanol–water partition coefficient (Wildman–Crippen LogP) is 5.38. The van der Waals surface area contributed by atoms with Crippen molar-refractivity contribution in [1.29, 1.82) is 0 Å². The number of para-hydroxylation sites is 1. The number of allylic oxidation sites excluding steroid dienone is 4. The van der Waals surface area contributed by atoms with Crippen LogP contribution in [0.1, 0.15) is 50.7 Å². The van der Waals surface area contributed by atoms with E-state index in [2.05, 4.69) is 24.4 Å². The lowest BCUT2D eigenvalue weighted by molar-refractivity contribution is 0.0698. The number of thiophene rings is 1. The number of amides is 1. The van der Waals surface area contributed by atoms with Gasteiger partial charge in [0.2, 0.25) is 0 Å². The topological polar surface area (TPSA) is 66.4 Å². The molecule has 25 heavy (non-hydrogen) atoms. The fourth-order valence-corrected chi connectivity index (χ4v) is 3.51. The highest BCUT2D eigenvalue weighted by Gasteiger charge is 2.16. The van der Waals surface area contributed by atoms with E-state index in [0.29, 0.717) is 10.6 Å². The van der Waals surface area contributed by atoms with Gasteiger partial charge in [-0.2, -0.15) is 0 Å². The molecule has 0 saturated heterocycles. The maximum atomic E-state index is 12.5. The summed E-state index contributed by atoms with van der Waals surface area (Å²) in [4.78, 5) is 25.4. The summed E-state index contributed by atoms with van der Waals surface area (Å²) >= 11 is 1.41. The Morgan fingerprint density at radius 1 is 1.28 bits per heavy atom. The van der Waals surface area contributed by atoms with Crippen LogP contribution >= 0.6 is 11.3 Å². The molecule has 1 amide bonds. The van der Waals surface area contributed by atoms with E-state index in [9.17, 15) is 14.7 Å². The van der Waals surface area contributed by atoms with Gasteiger partial charge in [-0.05, 0) is 49.6 Å². The normalized spacial score (nSPS) is 11.7. The third-order valence-corrected chi connectivity index (χ3v) is 4.94. The van der Waals surface area contributed by atoms with Crippen molar-refractivity contribution in [3.63, 3.8) is 0 Å². The van der Waals surface area contributed by atoms with Gasteiger partial charge in [0.15, 0.2) is 0 Å². The molecule has 1 aromatic carbocycles. The van der Waals surface area contributed by atoms with Crippen molar-refractivity contribution in [2.75, 3.05) is 5.32 Å². The minimum absolute atomic E-state index is 0.0735. The number of hydrogen-bond acceptors (Lipinski definition) is 3. The summed E-state index contributed by atoms with van der Waals surface area (Å²) in [7, 11) is 0. The van der Waals surface area contributed by atoms with Crippen molar-refractivity contribution in [3.8, 4) is 0 Å². The molecule has 2 rings (SSSR count). The van der Waals surface area contributed by atoms with E-state index in [0.717, 1.165) is 22.4 Å². The molecule has 5 heteroatoms. The smallest absolute Gasteiger partial charge is 0.337 e. The molecule has 4 nitrogen and oxygen atoms in total. The zero-order valence-electron chi connectivity index (χ0n) is 14.5. The summed E-state index contributed by atoms with van der Waals surface area (Å²) in [6, 6.07) is 8.22. The van der Waals surface area contributed by atoms with Crippen LogP contribution in [0.2, 0.25) is 0 Å². The Hall–Kier alpha value is -2.66. The van der Waals surface area contributed by atoms with Crippen LogP contribution in [0, 0.1) is 6.92 Å². The van der Waals surface area contributed by atoms with Gasteiger partial charge in [0, 0.05) is 4.88 Å². The van der Waals surface area contributed by atoms with Crippen LogP contribution in [-0.2, 0) is 0 Å². The molecule has 2 N–H and O–H groups in total. The van der Waals surface area contributed by atoms with Crippen molar-refractivity contribution < 1.29 is 14.7 Å². The standard InChI is InChI=1S/C20H21NO3S/c1-4-6-9-14(5-2)18-13(3)12-17(25-18)19(22)21-16-11-8-7-10-15(16)20(23)24/h5-12H,4H2,1-3H3,(H,21,22)(H,23,24)/b9-6-,14-5+. The van der Waals surface area contributed by atoms with E-state index < -0.39 is 5.97 Å². The minimum Gasteiger partial charge on any atom is -0.478 e. The summed E-state index contributed by atoms with van der Waals surface area (Å²) in [5, 5.41) is 11.9. The lowest BCUT2D eigenvalue weighted by Crippen LogP contribution is -2.13. The van der Waals surface area contributed by atoms with Crippen LogP contribution in [-0.4, -0.2) is 17.0 Å². The predicted molar refractivity (Wildman–Crippen MR) is 103 cm³/mol. The number of carbonyl (C=O) groups is 2. The van der Waals surface area contributed by atoms with Gasteiger partial charge in [0.05, 0.1) is 16.1 Å². The molecule has 2 aromatic rings. The number of nitrogens with one attached hydrogen (secondary N) is 1. The summed E-state index contributed by atoms with van der Waals surface area (Å²) in [5.74, 6) is -1.37. The van der Waals surface area contributed by atoms with Crippen molar-refractivity contribution in [1.82, 2.24) is 0 Å². The fraction of sp³-hybridized carbons (Fsp3) is 0.200. The Labute approximate surface area is 151 Å². The molecular weight excluding hydrogens is 334 g/mol. The number of carboxylic acid groups (broad SMARTS) is 1. The lowest BCUT2D eigenvalue weighted by atomic mass is 10.1. The van der Waals surface area contributed by atoms with E-state index in [4.69, 9.17) is 0 Å². The second-order valence-electron chi connectivity index (χ2n) is 5.48. The first-order valence-corrected chi connectivity index (χ1v) is 8.86. The van der Waals surface area contributed by atoms with E-state index in [-0.39, 0.29) is 11.5 Å². The molecule has 0 aliphatic rings. The van der Waals surface area contributed by atoms with Crippen molar-refractivity contribution >= 4 is 34.5 Å². The Morgan fingerprint density at radius 2 is 2.00 bits per heavy atom. The van der Waals surface area contributed by atoms with Gasteiger partial charge in [-0.25, -0.2) is 4.79 Å². The molecule has 1 aromatic heterocycles. The van der Waals surface area contributed by atoms with Crippen LogP contribution < -0.4 is 5.32 Å². The van der Waals surface area contributed by atoms with E-state index in [1.165, 1.54) is 17.4 Å². The highest BCUT2D eigenvalue weighted by molar-refractivity contribution is 7.15. The summed E-state index contributed by atoms with van der Waals surface area (Å²) in [6.07, 6.45) is 7.10. The maximum Gasteiger partial charge on any atom is 0.337 e. The molecule has 0 aliphatic heterocycles. The number of anilines is 1. The first kappa shape index (κ1) is 18.7. The molecule has 0 radical (unpaired) electrons. The lowest BCUT2D eigenvalue weighted by Gasteiger charge is -2.06. The quantitative estimate of drug-likeness (QED) is 0.684. The second kappa shape index (κ2) is 8.44. The molecular formula is C20H21NO3S. The van der Waals surface area contributed by atoms with Gasteiger partial charge in [0.1, 0.15) is 0 Å². The Bertz CT molecular complexity index is 846. The second-order valence-corrected chi connectivity index (χ2v) is 6.53. The molecule has 1 heterocycles. The number of aromatic carboxylic acids is 1. The zero-order valence-corrected chi connectivity index (χ0v) is 15.3. The van der Waals surface area contributed by atoms with Crippen molar-refractivity contribution in [2.45, 2.75) is 27.2 Å². The molecule has 0 saturated carbocycles. The number of carboxylic acids is 1. The SMILES string of the molecule is C/C=C(\C=C/CC)c1sc(C(=O)Nc2ccccc2C(=O)O)cc1C. The zero-order chi connectivity index (χ0) is 18.4. The van der Waals surface area contributed by atoms with Crippen LogP contribution in [0.4, 0.5) is 5.69 Å². The molecule has 0 fully saturated rings. The van der Waals surface area contributed by atoms with E-state index in [1.54, 1.807) is 18.2 Å². The van der Waals surface area contributed by atoms with Gasteiger partial charge < -0.3 is 10.4 Å². The summed E-state index contributed by atoms with van der Waals surface area (Å²) in [5.41, 5.74) is 2.47. The number of aryl methyl sites for hydroxylation is 1. The monoisotopic (exact) mass is 355 g/mol. The van der Waals surface area contributed by atoms with Gasteiger partial charge in [-0.3, -0.25) is 4.79 Å². The Balaban J connectivity index is 2.29. The molecule has 0 aliphatic carbocycles. The average Bonchev–Trinajstić information content (AvgIpc) is 2.98. The third kappa shape index (κ3) is 4.45. The van der Waals surface area contributed by atoms with Crippen LogP contribution in [0.25, 0.3) is 5.57 Å². The molecule has 130 valence electrons. The van der Waals surface area contributed by atoms with Gasteiger partial charge >= 0.3 is 5.97 Å². The fourth-order valence-electron chi connectivity index (χ4n) is 2.39. The largest absolute Gasteiger partial charge is 0.478 e. The van der Waals surface area contributed by atoms with Gasteiger partial charge in [-0.1, -0.05) is 37.3 Å². The number of benzene rings is 1. The maximum absolute atomic E-state index is 12.5. The third-order valence-electron chi connectivity index (χ3n) is 3.65. The summed E-state index contributed by atoms with van der Waals surface area (Å²) in [6.45, 7) is 6.01. The Morgan fingerprint density at radius 3 is 2.64 bits per heavy atom. The highest BCUT2D eigenvalue weighted by Crippen LogP contribution is 2.30. The van der Waals surface area contributed by atoms with Crippen molar-refractivity contribution in [3.05, 3.63) is 69.4 Å². The van der Waals surface area contributed by atoms with E-state index >= 15 is 0 Å². The van der Waals surface area contributed by atoms with Crippen molar-refractivity contribution in [2.24, 2.45) is 0 Å². The minimum atomic E-state index is -1.07. The number of hydrogen-bond donors (Lipinski definition) is 2. The highest BCUT2D eigenvalue weighted by atomic mass is 32.1. The first-order chi connectivity index (χ1) is 12.0. The molecule has 0 unspecified atom stereocenters. The number of rotatable bonds is 6. The van der Waals surface area contributed by atoms with Crippen LogP contribution in [0.5, 0.6) is 0 Å². The van der Waals surface area contributed by atoms with E-state index in [1.807, 2.05) is 26.0 Å². The summed E-state index contributed by atoms with van der Waals surface area (Å²) < 4.78 is 0. The van der Waals surface area contributed by atoms with Gasteiger partial charge in [-0.15, -0.1) is 11.3 Å². The van der Waals surface area contributed by atoms with Crippen LogP contribution in [0.3, 0.4) is 0 Å². The molecule has 0 atom stereocenters. The number of carbonyl (C=O) groups excluding carboxylic acids is 1. The molecule has 0 spiro atoms. The van der Waals surface area contributed by atoms with Crippen LogP contribution in [0.15, 0.2) is 48.6 Å². The van der Waals surface area contributed by atoms with Gasteiger partial charge in [0.25, 0.3) is 5.91 Å². The molecule has 0 bridgehead atoms. The Kier molecular flexibility index (Phi) is 6.31. The first-order valence-electron chi connectivity index (χ1n) is 8.05.